The van der Waals surface area contributed by atoms with E-state index >= 15 is 0 Å². The molecule has 0 fully saturated rings. The van der Waals surface area contributed by atoms with E-state index in [1.165, 1.54) is 91.9 Å². The van der Waals surface area contributed by atoms with Crippen molar-refractivity contribution in [3.63, 3.8) is 0 Å². The van der Waals surface area contributed by atoms with Gasteiger partial charge >= 0.3 is 0 Å². The zero-order valence-electron chi connectivity index (χ0n) is 30.8. The molecule has 55 heavy (non-hydrogen) atoms. The van der Waals surface area contributed by atoms with Gasteiger partial charge in [0.2, 0.25) is 0 Å². The van der Waals surface area contributed by atoms with Gasteiger partial charge in [-0.2, -0.15) is 0 Å². The van der Waals surface area contributed by atoms with Crippen LogP contribution in [0, 0.1) is 0 Å². The van der Waals surface area contributed by atoms with Crippen molar-refractivity contribution in [2.45, 2.75) is 19.3 Å². The van der Waals surface area contributed by atoms with Gasteiger partial charge < -0.3 is 4.90 Å². The molecule has 260 valence electrons. The van der Waals surface area contributed by atoms with E-state index in [1.807, 2.05) is 11.3 Å². The van der Waals surface area contributed by atoms with Crippen LogP contribution in [0.3, 0.4) is 0 Å². The maximum Gasteiger partial charge on any atom is 0.0543 e. The fourth-order valence-electron chi connectivity index (χ4n) is 9.06. The SMILES string of the molecule is CC1(C)c2ccccc2-c2c(N(c3ccc(-c4ccc5ccccc5c4)cc3)c3ccc(-c4cccc5cc6sc7ccccc7c6cc45)cc3)cccc21. The van der Waals surface area contributed by atoms with Crippen LogP contribution in [0.1, 0.15) is 25.0 Å². The van der Waals surface area contributed by atoms with Crippen molar-refractivity contribution < 1.29 is 0 Å². The number of hydrogen-bond donors (Lipinski definition) is 0. The van der Waals surface area contributed by atoms with Crippen LogP contribution in [-0.4, -0.2) is 0 Å². The largest absolute Gasteiger partial charge is 0.310 e. The molecule has 0 radical (unpaired) electrons. The van der Waals surface area contributed by atoms with E-state index in [0.29, 0.717) is 0 Å². The van der Waals surface area contributed by atoms with Crippen LogP contribution in [0.15, 0.2) is 188 Å². The number of thiophene rings is 1. The predicted octanol–water partition coefficient (Wildman–Crippen LogP) is 15.5. The minimum absolute atomic E-state index is 0.0923. The van der Waals surface area contributed by atoms with Crippen LogP contribution in [0.5, 0.6) is 0 Å². The smallest absolute Gasteiger partial charge is 0.0543 e. The van der Waals surface area contributed by atoms with Gasteiger partial charge in [-0.1, -0.05) is 147 Å². The average Bonchev–Trinajstić information content (AvgIpc) is 3.71. The maximum atomic E-state index is 2.45. The molecule has 0 saturated heterocycles. The molecule has 1 heterocycles. The van der Waals surface area contributed by atoms with E-state index in [-0.39, 0.29) is 5.41 Å². The summed E-state index contributed by atoms with van der Waals surface area (Å²) in [5, 5.41) is 7.73. The summed E-state index contributed by atoms with van der Waals surface area (Å²) in [5.41, 5.74) is 13.6. The minimum Gasteiger partial charge on any atom is -0.310 e. The van der Waals surface area contributed by atoms with Gasteiger partial charge in [0.1, 0.15) is 0 Å². The first-order valence-corrected chi connectivity index (χ1v) is 19.9. The lowest BCUT2D eigenvalue weighted by Crippen LogP contribution is -2.16. The van der Waals surface area contributed by atoms with Crippen LogP contribution in [0.25, 0.3) is 75.1 Å². The van der Waals surface area contributed by atoms with Crippen molar-refractivity contribution in [3.05, 3.63) is 199 Å². The van der Waals surface area contributed by atoms with Crippen LogP contribution < -0.4 is 4.90 Å². The number of fused-ring (bicyclic) bond motifs is 8. The van der Waals surface area contributed by atoms with Gasteiger partial charge in [0, 0.05) is 42.5 Å². The molecular weight excluding hydrogens is 683 g/mol. The average molecular weight is 720 g/mol. The predicted molar refractivity (Wildman–Crippen MR) is 237 cm³/mol. The lowest BCUT2D eigenvalue weighted by Gasteiger charge is -2.29. The fourth-order valence-corrected chi connectivity index (χ4v) is 10.2. The summed E-state index contributed by atoms with van der Waals surface area (Å²) in [7, 11) is 0. The number of rotatable bonds is 5. The summed E-state index contributed by atoms with van der Waals surface area (Å²) < 4.78 is 2.67. The molecule has 11 rings (SSSR count). The van der Waals surface area contributed by atoms with Crippen molar-refractivity contribution >= 4 is 70.1 Å². The molecule has 1 aromatic heterocycles. The summed E-state index contributed by atoms with van der Waals surface area (Å²) in [6.45, 7) is 4.71. The highest BCUT2D eigenvalue weighted by atomic mass is 32.1. The van der Waals surface area contributed by atoms with E-state index in [9.17, 15) is 0 Å². The van der Waals surface area contributed by atoms with E-state index in [2.05, 4.69) is 207 Å². The second-order valence-corrected chi connectivity index (χ2v) is 16.4. The highest BCUT2D eigenvalue weighted by Gasteiger charge is 2.37. The molecule has 10 aromatic rings. The Morgan fingerprint density at radius 2 is 1.04 bits per heavy atom. The highest BCUT2D eigenvalue weighted by Crippen LogP contribution is 2.54. The second-order valence-electron chi connectivity index (χ2n) is 15.3. The molecule has 9 aromatic carbocycles. The number of nitrogens with zero attached hydrogens (tertiary/aromatic N) is 1. The Morgan fingerprint density at radius 3 is 1.87 bits per heavy atom. The molecule has 0 N–H and O–H groups in total. The zero-order chi connectivity index (χ0) is 36.7. The first-order chi connectivity index (χ1) is 27.0. The molecule has 0 spiro atoms. The van der Waals surface area contributed by atoms with Gasteiger partial charge in [0.05, 0.1) is 5.69 Å². The zero-order valence-corrected chi connectivity index (χ0v) is 31.6. The van der Waals surface area contributed by atoms with E-state index in [0.717, 1.165) is 11.4 Å². The summed E-state index contributed by atoms with van der Waals surface area (Å²) in [6, 6.07) is 69.7. The van der Waals surface area contributed by atoms with Crippen molar-refractivity contribution in [3.8, 4) is 33.4 Å². The van der Waals surface area contributed by atoms with Crippen molar-refractivity contribution in [2.24, 2.45) is 0 Å². The molecule has 0 unspecified atom stereocenters. The van der Waals surface area contributed by atoms with Gasteiger partial charge in [0.25, 0.3) is 0 Å². The van der Waals surface area contributed by atoms with Crippen molar-refractivity contribution in [2.75, 3.05) is 4.90 Å². The molecule has 0 bridgehead atoms. The van der Waals surface area contributed by atoms with Gasteiger partial charge in [-0.15, -0.1) is 11.3 Å². The Hall–Kier alpha value is -6.48. The molecule has 0 amide bonds. The van der Waals surface area contributed by atoms with Crippen LogP contribution >= 0.6 is 11.3 Å². The number of anilines is 3. The monoisotopic (exact) mass is 719 g/mol. The van der Waals surface area contributed by atoms with Gasteiger partial charge in [0.15, 0.2) is 0 Å². The Morgan fingerprint density at radius 1 is 0.400 bits per heavy atom. The van der Waals surface area contributed by atoms with Crippen LogP contribution in [-0.2, 0) is 5.41 Å². The van der Waals surface area contributed by atoms with E-state index in [1.54, 1.807) is 0 Å². The molecule has 0 saturated carbocycles. The summed E-state index contributed by atoms with van der Waals surface area (Å²) >= 11 is 1.88. The summed E-state index contributed by atoms with van der Waals surface area (Å²) in [4.78, 5) is 2.45. The number of benzene rings is 9. The molecule has 1 nitrogen and oxygen atoms in total. The quantitative estimate of drug-likeness (QED) is 0.171. The van der Waals surface area contributed by atoms with Crippen LogP contribution in [0.4, 0.5) is 17.1 Å². The third kappa shape index (κ3) is 5.06. The first-order valence-electron chi connectivity index (χ1n) is 19.1. The van der Waals surface area contributed by atoms with E-state index in [4.69, 9.17) is 0 Å². The Balaban J connectivity index is 1.05. The molecule has 2 heteroatoms. The van der Waals surface area contributed by atoms with E-state index < -0.39 is 0 Å². The lowest BCUT2D eigenvalue weighted by molar-refractivity contribution is 0.660. The molecule has 1 aliphatic carbocycles. The normalized spacial score (nSPS) is 13.1. The Kier molecular flexibility index (Phi) is 7.14. The fraction of sp³-hybridized carbons (Fsp3) is 0.0566. The van der Waals surface area contributed by atoms with Gasteiger partial charge in [-0.3, -0.25) is 0 Å². The van der Waals surface area contributed by atoms with Crippen molar-refractivity contribution in [1.82, 2.24) is 0 Å². The Labute approximate surface area is 325 Å². The van der Waals surface area contributed by atoms with Gasteiger partial charge in [-0.25, -0.2) is 0 Å². The molecule has 0 atom stereocenters. The third-order valence-electron chi connectivity index (χ3n) is 11.8. The Bertz CT molecular complexity index is 3110. The first kappa shape index (κ1) is 32.0. The van der Waals surface area contributed by atoms with Gasteiger partial charge in [-0.05, 0) is 115 Å². The molecule has 1 aliphatic rings. The molecular formula is C53H37NS. The maximum absolute atomic E-state index is 2.45. The summed E-state index contributed by atoms with van der Waals surface area (Å²) in [5.74, 6) is 0. The summed E-state index contributed by atoms with van der Waals surface area (Å²) in [6.07, 6.45) is 0. The minimum atomic E-state index is -0.0923. The third-order valence-corrected chi connectivity index (χ3v) is 13.0. The highest BCUT2D eigenvalue weighted by molar-refractivity contribution is 7.25. The standard InChI is InChI=1S/C53H37NS/c1-53(2)47-17-7-5-15-44(47)52-48(53)18-10-19-49(52)54(40-27-23-35(24-28-40)38-22-21-34-11-3-4-12-37(34)31-38)41-29-25-36(26-30-41)42-16-9-13-39-32-51-46(33-45(39)42)43-14-6-8-20-50(43)55-51/h3-33H,1-2H3. The second kappa shape index (κ2) is 12.3. The van der Waals surface area contributed by atoms with Crippen molar-refractivity contribution in [1.29, 1.82) is 0 Å². The lowest BCUT2D eigenvalue weighted by atomic mass is 9.82. The molecule has 0 aliphatic heterocycles. The number of hydrogen-bond acceptors (Lipinski definition) is 2. The van der Waals surface area contributed by atoms with Crippen LogP contribution in [0.2, 0.25) is 0 Å². The topological polar surface area (TPSA) is 3.24 Å².